The molecule has 2 rings (SSSR count). The lowest BCUT2D eigenvalue weighted by Gasteiger charge is -2.41. The lowest BCUT2D eigenvalue weighted by atomic mass is 9.78. The summed E-state index contributed by atoms with van der Waals surface area (Å²) in [5, 5.41) is 9.03. The maximum absolute atomic E-state index is 11.0. The van der Waals surface area contributed by atoms with Crippen LogP contribution in [0.25, 0.3) is 0 Å². The summed E-state index contributed by atoms with van der Waals surface area (Å²) in [6.45, 7) is 6.66. The molecule has 0 spiro atoms. The van der Waals surface area contributed by atoms with E-state index in [1.54, 1.807) is 0 Å². The molecule has 0 radical (unpaired) electrons. The van der Waals surface area contributed by atoms with Gasteiger partial charge in [-0.15, -0.1) is 0 Å². The summed E-state index contributed by atoms with van der Waals surface area (Å²) in [6.07, 6.45) is 7.08. The smallest absolute Gasteiger partial charge is 0.306 e. The van der Waals surface area contributed by atoms with Crippen molar-refractivity contribution in [2.75, 3.05) is 13.1 Å². The van der Waals surface area contributed by atoms with Crippen molar-refractivity contribution in [3.8, 4) is 0 Å². The number of piperidine rings is 1. The Kier molecular flexibility index (Phi) is 4.66. The third-order valence-corrected chi connectivity index (χ3v) is 5.03. The van der Waals surface area contributed by atoms with E-state index in [1.807, 2.05) is 0 Å². The van der Waals surface area contributed by atoms with Crippen molar-refractivity contribution in [3.63, 3.8) is 0 Å². The minimum absolute atomic E-state index is 0.0919. The largest absolute Gasteiger partial charge is 0.481 e. The standard InChI is InChI=1S/C15H27NO2/c1-11(2)13-4-3-5-14(10-13)16-8-6-12(7-9-16)15(17)18/h11-14H,3-10H2,1-2H3,(H,17,18). The second-order valence-electron chi connectivity index (χ2n) is 6.47. The Morgan fingerprint density at radius 2 is 1.83 bits per heavy atom. The molecule has 0 aromatic rings. The van der Waals surface area contributed by atoms with Crippen LogP contribution in [0.4, 0.5) is 0 Å². The lowest BCUT2D eigenvalue weighted by molar-refractivity contribution is -0.143. The van der Waals surface area contributed by atoms with E-state index in [9.17, 15) is 4.79 Å². The molecule has 0 aromatic carbocycles. The molecule has 1 N–H and O–H groups in total. The van der Waals surface area contributed by atoms with Gasteiger partial charge in [-0.2, -0.15) is 0 Å². The monoisotopic (exact) mass is 253 g/mol. The Morgan fingerprint density at radius 3 is 2.39 bits per heavy atom. The number of hydrogen-bond donors (Lipinski definition) is 1. The van der Waals surface area contributed by atoms with Crippen LogP contribution in [0.5, 0.6) is 0 Å². The Labute approximate surface area is 111 Å². The number of hydrogen-bond acceptors (Lipinski definition) is 2. The molecule has 18 heavy (non-hydrogen) atoms. The molecule has 1 aliphatic carbocycles. The first kappa shape index (κ1) is 13.9. The van der Waals surface area contributed by atoms with E-state index in [0.29, 0.717) is 0 Å². The summed E-state index contributed by atoms with van der Waals surface area (Å²) >= 11 is 0. The highest BCUT2D eigenvalue weighted by Crippen LogP contribution is 2.34. The molecular formula is C15H27NO2. The fourth-order valence-electron chi connectivity index (χ4n) is 3.65. The van der Waals surface area contributed by atoms with Crippen molar-refractivity contribution in [1.29, 1.82) is 0 Å². The van der Waals surface area contributed by atoms with Gasteiger partial charge in [-0.3, -0.25) is 4.79 Å². The highest BCUT2D eigenvalue weighted by Gasteiger charge is 2.32. The zero-order chi connectivity index (χ0) is 13.1. The van der Waals surface area contributed by atoms with Crippen LogP contribution in [0, 0.1) is 17.8 Å². The highest BCUT2D eigenvalue weighted by atomic mass is 16.4. The molecule has 1 heterocycles. The second kappa shape index (κ2) is 6.05. The SMILES string of the molecule is CC(C)C1CCCC(N2CCC(C(=O)O)CC2)C1. The van der Waals surface area contributed by atoms with Gasteiger partial charge < -0.3 is 10.0 Å². The summed E-state index contributed by atoms with van der Waals surface area (Å²) in [5.74, 6) is 0.981. The third-order valence-electron chi connectivity index (χ3n) is 5.03. The molecular weight excluding hydrogens is 226 g/mol. The number of aliphatic carboxylic acids is 1. The van der Waals surface area contributed by atoms with Crippen molar-refractivity contribution >= 4 is 5.97 Å². The highest BCUT2D eigenvalue weighted by molar-refractivity contribution is 5.70. The molecule has 1 saturated heterocycles. The van der Waals surface area contributed by atoms with E-state index in [-0.39, 0.29) is 5.92 Å². The van der Waals surface area contributed by atoms with Gasteiger partial charge >= 0.3 is 5.97 Å². The molecule has 2 fully saturated rings. The van der Waals surface area contributed by atoms with Gasteiger partial charge in [-0.05, 0) is 50.6 Å². The number of nitrogens with zero attached hydrogens (tertiary/aromatic N) is 1. The minimum Gasteiger partial charge on any atom is -0.481 e. The Hall–Kier alpha value is -0.570. The summed E-state index contributed by atoms with van der Waals surface area (Å²) in [6, 6.07) is 0.723. The van der Waals surface area contributed by atoms with Crippen LogP contribution in [-0.4, -0.2) is 35.1 Å². The van der Waals surface area contributed by atoms with Gasteiger partial charge in [-0.25, -0.2) is 0 Å². The summed E-state index contributed by atoms with van der Waals surface area (Å²) in [7, 11) is 0. The van der Waals surface area contributed by atoms with Gasteiger partial charge in [0, 0.05) is 6.04 Å². The van der Waals surface area contributed by atoms with Crippen LogP contribution in [-0.2, 0) is 4.79 Å². The van der Waals surface area contributed by atoms with Crippen LogP contribution in [0.2, 0.25) is 0 Å². The number of likely N-dealkylation sites (tertiary alicyclic amines) is 1. The van der Waals surface area contributed by atoms with Crippen molar-refractivity contribution in [2.45, 2.75) is 58.4 Å². The molecule has 0 bridgehead atoms. The minimum atomic E-state index is -0.599. The molecule has 104 valence electrons. The third kappa shape index (κ3) is 3.25. The molecule has 2 atom stereocenters. The zero-order valence-corrected chi connectivity index (χ0v) is 11.8. The van der Waals surface area contributed by atoms with Crippen LogP contribution < -0.4 is 0 Å². The van der Waals surface area contributed by atoms with Gasteiger partial charge in [0.05, 0.1) is 5.92 Å². The molecule has 1 saturated carbocycles. The number of rotatable bonds is 3. The number of carboxylic acids is 1. The molecule has 0 aromatic heterocycles. The predicted octanol–water partition coefficient (Wildman–Crippen LogP) is 3.00. The van der Waals surface area contributed by atoms with Crippen LogP contribution in [0.3, 0.4) is 0 Å². The van der Waals surface area contributed by atoms with E-state index in [2.05, 4.69) is 18.7 Å². The molecule has 1 aliphatic heterocycles. The van der Waals surface area contributed by atoms with Crippen LogP contribution >= 0.6 is 0 Å². The normalized spacial score (nSPS) is 31.7. The second-order valence-corrected chi connectivity index (χ2v) is 6.47. The maximum Gasteiger partial charge on any atom is 0.306 e. The van der Waals surface area contributed by atoms with Gasteiger partial charge in [0.1, 0.15) is 0 Å². The van der Waals surface area contributed by atoms with Crippen molar-refractivity contribution in [2.24, 2.45) is 17.8 Å². The fraction of sp³-hybridized carbons (Fsp3) is 0.933. The lowest BCUT2D eigenvalue weighted by Crippen LogP contribution is -2.45. The Bertz CT molecular complexity index is 282. The van der Waals surface area contributed by atoms with Crippen molar-refractivity contribution in [1.82, 2.24) is 4.90 Å². The first-order valence-electron chi connectivity index (χ1n) is 7.54. The van der Waals surface area contributed by atoms with Gasteiger partial charge in [0.2, 0.25) is 0 Å². The number of carbonyl (C=O) groups is 1. The first-order chi connectivity index (χ1) is 8.58. The maximum atomic E-state index is 11.0. The Balaban J connectivity index is 1.84. The molecule has 3 nitrogen and oxygen atoms in total. The molecule has 3 heteroatoms. The van der Waals surface area contributed by atoms with E-state index in [4.69, 9.17) is 5.11 Å². The topological polar surface area (TPSA) is 40.5 Å². The first-order valence-corrected chi connectivity index (χ1v) is 7.54. The fourth-order valence-corrected chi connectivity index (χ4v) is 3.65. The summed E-state index contributed by atoms with van der Waals surface area (Å²) < 4.78 is 0. The molecule has 2 aliphatic rings. The van der Waals surface area contributed by atoms with Gasteiger partial charge in [0.15, 0.2) is 0 Å². The molecule has 0 amide bonds. The summed E-state index contributed by atoms with van der Waals surface area (Å²) in [4.78, 5) is 13.5. The Morgan fingerprint density at radius 1 is 1.17 bits per heavy atom. The van der Waals surface area contributed by atoms with Crippen molar-refractivity contribution in [3.05, 3.63) is 0 Å². The average Bonchev–Trinajstić information content (AvgIpc) is 2.39. The van der Waals surface area contributed by atoms with Gasteiger partial charge in [-0.1, -0.05) is 26.7 Å². The quantitative estimate of drug-likeness (QED) is 0.840. The summed E-state index contributed by atoms with van der Waals surface area (Å²) in [5.41, 5.74) is 0. The molecule has 2 unspecified atom stereocenters. The van der Waals surface area contributed by atoms with E-state index in [0.717, 1.165) is 43.8 Å². The van der Waals surface area contributed by atoms with E-state index in [1.165, 1.54) is 25.7 Å². The van der Waals surface area contributed by atoms with E-state index < -0.39 is 5.97 Å². The van der Waals surface area contributed by atoms with Gasteiger partial charge in [0.25, 0.3) is 0 Å². The average molecular weight is 253 g/mol. The van der Waals surface area contributed by atoms with E-state index >= 15 is 0 Å². The number of carboxylic acid groups (broad SMARTS) is 1. The van der Waals surface area contributed by atoms with Crippen LogP contribution in [0.15, 0.2) is 0 Å². The van der Waals surface area contributed by atoms with Crippen molar-refractivity contribution < 1.29 is 9.90 Å². The van der Waals surface area contributed by atoms with Crippen LogP contribution in [0.1, 0.15) is 52.4 Å². The zero-order valence-electron chi connectivity index (χ0n) is 11.8. The predicted molar refractivity (Wildman–Crippen MR) is 72.5 cm³/mol.